The van der Waals surface area contributed by atoms with Gasteiger partial charge in [-0.15, -0.1) is 11.3 Å². The minimum absolute atomic E-state index is 0.0192. The highest BCUT2D eigenvalue weighted by atomic mass is 32.1. The molecule has 30 heavy (non-hydrogen) atoms. The van der Waals surface area contributed by atoms with Gasteiger partial charge in [0.25, 0.3) is 5.91 Å². The number of ether oxygens (including phenoxy) is 1. The molecule has 5 rings (SSSR count). The van der Waals surface area contributed by atoms with Crippen molar-refractivity contribution in [2.24, 2.45) is 0 Å². The first kappa shape index (κ1) is 19.2. The van der Waals surface area contributed by atoms with Crippen LogP contribution < -0.4 is 0 Å². The molecule has 2 fully saturated rings. The Morgan fingerprint density at radius 2 is 2.13 bits per heavy atom. The third-order valence-electron chi connectivity index (χ3n) is 5.99. The zero-order valence-corrected chi connectivity index (χ0v) is 17.4. The number of carbonyl (C=O) groups excluding carboxylic acids is 2. The molecule has 156 valence electrons. The Bertz CT molecular complexity index is 1060. The molecule has 1 N–H and O–H groups in total. The molecule has 1 spiro atoms. The number of nitrogens with zero attached hydrogens (tertiary/aromatic N) is 4. The first-order valence-electron chi connectivity index (χ1n) is 10.1. The molecule has 9 heteroatoms. The number of imidazole rings is 1. The molecule has 3 aromatic rings. The molecular weight excluding hydrogens is 402 g/mol. The van der Waals surface area contributed by atoms with E-state index in [1.54, 1.807) is 23.9 Å². The van der Waals surface area contributed by atoms with Gasteiger partial charge in [-0.05, 0) is 31.0 Å². The lowest BCUT2D eigenvalue weighted by molar-refractivity contribution is -0.132. The highest BCUT2D eigenvalue weighted by Gasteiger charge is 2.41. The average molecular weight is 426 g/mol. The number of thiazole rings is 1. The lowest BCUT2D eigenvalue weighted by atomic mass is 9.90. The van der Waals surface area contributed by atoms with Gasteiger partial charge < -0.3 is 19.5 Å². The van der Waals surface area contributed by atoms with Gasteiger partial charge in [0.05, 0.1) is 49.1 Å². The maximum absolute atomic E-state index is 13.0. The monoisotopic (exact) mass is 425 g/mol. The van der Waals surface area contributed by atoms with Crippen molar-refractivity contribution in [3.05, 3.63) is 46.7 Å². The predicted molar refractivity (Wildman–Crippen MR) is 112 cm³/mol. The second-order valence-electron chi connectivity index (χ2n) is 7.88. The number of aromatic amines is 1. The molecule has 4 heterocycles. The summed E-state index contributed by atoms with van der Waals surface area (Å²) in [7, 11) is 0. The molecule has 8 nitrogen and oxygen atoms in total. The Balaban J connectivity index is 1.27. The van der Waals surface area contributed by atoms with Crippen molar-refractivity contribution in [3.63, 3.8) is 0 Å². The number of hydrogen-bond acceptors (Lipinski definition) is 6. The minimum atomic E-state index is -0.395. The summed E-state index contributed by atoms with van der Waals surface area (Å²) >= 11 is 1.56. The third-order valence-corrected chi connectivity index (χ3v) is 6.76. The number of hydrogen-bond donors (Lipinski definition) is 1. The Hall–Kier alpha value is -2.78. The van der Waals surface area contributed by atoms with Crippen LogP contribution in [0.4, 0.5) is 0 Å². The van der Waals surface area contributed by atoms with Gasteiger partial charge in [0.1, 0.15) is 5.01 Å². The van der Waals surface area contributed by atoms with Crippen LogP contribution in [0.3, 0.4) is 0 Å². The van der Waals surface area contributed by atoms with Crippen LogP contribution in [0.1, 0.15) is 34.6 Å². The second kappa shape index (κ2) is 7.81. The molecule has 0 atom stereocenters. The van der Waals surface area contributed by atoms with Gasteiger partial charge in [-0.2, -0.15) is 0 Å². The van der Waals surface area contributed by atoms with Crippen molar-refractivity contribution in [2.45, 2.75) is 31.4 Å². The lowest BCUT2D eigenvalue weighted by Gasteiger charge is -2.42. The quantitative estimate of drug-likeness (QED) is 0.696. The van der Waals surface area contributed by atoms with Gasteiger partial charge in [-0.1, -0.05) is 0 Å². The third kappa shape index (κ3) is 3.70. The molecule has 2 saturated heterocycles. The summed E-state index contributed by atoms with van der Waals surface area (Å²) in [5.41, 5.74) is 1.97. The molecule has 2 aliphatic rings. The topological polar surface area (TPSA) is 91.4 Å². The molecule has 2 aliphatic heterocycles. The van der Waals surface area contributed by atoms with E-state index in [1.807, 2.05) is 33.4 Å². The summed E-state index contributed by atoms with van der Waals surface area (Å²) in [6.07, 6.45) is 5.21. The van der Waals surface area contributed by atoms with E-state index >= 15 is 0 Å². The highest BCUT2D eigenvalue weighted by Crippen LogP contribution is 2.31. The summed E-state index contributed by atoms with van der Waals surface area (Å²) in [5, 5.41) is 2.86. The van der Waals surface area contributed by atoms with E-state index in [0.29, 0.717) is 57.6 Å². The van der Waals surface area contributed by atoms with Gasteiger partial charge in [0.2, 0.25) is 5.91 Å². The standard InChI is InChI=1S/C21H23N5O3S/c27-19-3-9-29-21(13-26(19)12-18-22-6-10-30-18)4-7-25(8-5-21)20(28)15-1-2-16-17(11-15)24-14-23-16/h1-2,6,10-11,14H,3-5,7-9,12-13H2,(H,23,24). The van der Waals surface area contributed by atoms with Crippen LogP contribution in [-0.4, -0.2) is 68.4 Å². The molecule has 0 radical (unpaired) electrons. The van der Waals surface area contributed by atoms with Crippen LogP contribution >= 0.6 is 11.3 Å². The van der Waals surface area contributed by atoms with Gasteiger partial charge >= 0.3 is 0 Å². The summed E-state index contributed by atoms with van der Waals surface area (Å²) in [5.74, 6) is 0.124. The summed E-state index contributed by atoms with van der Waals surface area (Å²) in [6, 6.07) is 5.54. The number of fused-ring (bicyclic) bond motifs is 1. The van der Waals surface area contributed by atoms with Crippen LogP contribution in [0, 0.1) is 0 Å². The number of carbonyl (C=O) groups is 2. The van der Waals surface area contributed by atoms with E-state index in [0.717, 1.165) is 16.0 Å². The van der Waals surface area contributed by atoms with Crippen molar-refractivity contribution >= 4 is 34.2 Å². The number of piperidine rings is 1. The highest BCUT2D eigenvalue weighted by molar-refractivity contribution is 7.09. The van der Waals surface area contributed by atoms with Crippen LogP contribution in [0.5, 0.6) is 0 Å². The Kier molecular flexibility index (Phi) is 5.00. The van der Waals surface area contributed by atoms with E-state index in [4.69, 9.17) is 4.74 Å². The first-order chi connectivity index (χ1) is 14.6. The van der Waals surface area contributed by atoms with Gasteiger partial charge in [0, 0.05) is 30.2 Å². The van der Waals surface area contributed by atoms with E-state index in [-0.39, 0.29) is 11.8 Å². The number of rotatable bonds is 3. The van der Waals surface area contributed by atoms with Crippen molar-refractivity contribution in [1.82, 2.24) is 24.8 Å². The zero-order chi connectivity index (χ0) is 20.6. The summed E-state index contributed by atoms with van der Waals surface area (Å²) in [6.45, 7) is 2.72. The van der Waals surface area contributed by atoms with Crippen LogP contribution in [0.25, 0.3) is 11.0 Å². The second-order valence-corrected chi connectivity index (χ2v) is 8.86. The molecule has 0 unspecified atom stereocenters. The molecule has 1 aromatic carbocycles. The fourth-order valence-corrected chi connectivity index (χ4v) is 4.93. The lowest BCUT2D eigenvalue weighted by Crippen LogP contribution is -2.53. The Morgan fingerprint density at radius 3 is 2.93 bits per heavy atom. The normalized spacial score (nSPS) is 19.4. The van der Waals surface area contributed by atoms with Crippen LogP contribution in [0.15, 0.2) is 36.1 Å². The van der Waals surface area contributed by atoms with E-state index in [2.05, 4.69) is 15.0 Å². The first-order valence-corrected chi connectivity index (χ1v) is 11.0. The Labute approximate surface area is 177 Å². The number of benzene rings is 1. The SMILES string of the molecule is O=C1CCOC2(CCN(C(=O)c3ccc4nc[nH]c4c3)CC2)CN1Cc1nccs1. The molecule has 0 aliphatic carbocycles. The molecule has 0 saturated carbocycles. The van der Waals surface area contributed by atoms with Gasteiger partial charge in [-0.25, -0.2) is 9.97 Å². The smallest absolute Gasteiger partial charge is 0.253 e. The van der Waals surface area contributed by atoms with Crippen LogP contribution in [-0.2, 0) is 16.1 Å². The number of nitrogens with one attached hydrogen (secondary N) is 1. The molecule has 0 bridgehead atoms. The van der Waals surface area contributed by atoms with E-state index in [1.165, 1.54) is 0 Å². The van der Waals surface area contributed by atoms with Crippen molar-refractivity contribution in [1.29, 1.82) is 0 Å². The fraction of sp³-hybridized carbons (Fsp3) is 0.429. The fourth-order valence-electron chi connectivity index (χ4n) is 4.30. The average Bonchev–Trinajstić information content (AvgIpc) is 3.42. The summed E-state index contributed by atoms with van der Waals surface area (Å²) < 4.78 is 6.20. The zero-order valence-electron chi connectivity index (χ0n) is 16.5. The van der Waals surface area contributed by atoms with Crippen molar-refractivity contribution < 1.29 is 14.3 Å². The summed E-state index contributed by atoms with van der Waals surface area (Å²) in [4.78, 5) is 40.9. The number of H-pyrrole nitrogens is 1. The van der Waals surface area contributed by atoms with Crippen molar-refractivity contribution in [3.8, 4) is 0 Å². The maximum Gasteiger partial charge on any atom is 0.253 e. The van der Waals surface area contributed by atoms with E-state index < -0.39 is 5.60 Å². The maximum atomic E-state index is 13.0. The van der Waals surface area contributed by atoms with Crippen molar-refractivity contribution in [2.75, 3.05) is 26.2 Å². The number of aromatic nitrogens is 3. The van der Waals surface area contributed by atoms with Gasteiger partial charge in [0.15, 0.2) is 0 Å². The minimum Gasteiger partial charge on any atom is -0.372 e. The van der Waals surface area contributed by atoms with Gasteiger partial charge in [-0.3, -0.25) is 9.59 Å². The van der Waals surface area contributed by atoms with Crippen LogP contribution in [0.2, 0.25) is 0 Å². The predicted octanol–water partition coefficient (Wildman–Crippen LogP) is 2.44. The number of likely N-dealkylation sites (tertiary alicyclic amines) is 1. The molecule has 2 aromatic heterocycles. The number of amides is 2. The van der Waals surface area contributed by atoms with E-state index in [9.17, 15) is 9.59 Å². The molecular formula is C21H23N5O3S. The Morgan fingerprint density at radius 1 is 1.27 bits per heavy atom. The largest absolute Gasteiger partial charge is 0.372 e. The molecule has 2 amide bonds.